The van der Waals surface area contributed by atoms with Gasteiger partial charge >= 0.3 is 0 Å². The quantitative estimate of drug-likeness (QED) is 0.448. The number of carbonyl (C=O) groups excluding carboxylic acids is 2. The van der Waals surface area contributed by atoms with Crippen molar-refractivity contribution in [3.8, 4) is 0 Å². The van der Waals surface area contributed by atoms with Gasteiger partial charge in [-0.2, -0.15) is 0 Å². The maximum atomic E-state index is 12.2. The first kappa shape index (κ1) is 17.5. The molecule has 2 aromatic carbocycles. The van der Waals surface area contributed by atoms with E-state index < -0.39 is 5.25 Å². The monoisotopic (exact) mass is 418 g/mol. The van der Waals surface area contributed by atoms with Crippen molar-refractivity contribution >= 4 is 50.5 Å². The number of H-pyrrole nitrogens is 1. The lowest BCUT2D eigenvalue weighted by molar-refractivity contribution is -0.121. The highest BCUT2D eigenvalue weighted by Gasteiger charge is 2.17. The molecule has 0 spiro atoms. The van der Waals surface area contributed by atoms with Crippen LogP contribution in [0, 0.1) is 0 Å². The topological polar surface area (TPSA) is 86.9 Å². The molecule has 0 fully saturated rings. The summed E-state index contributed by atoms with van der Waals surface area (Å²) in [6.45, 7) is 1.75. The Morgan fingerprint density at radius 3 is 2.56 bits per heavy atom. The number of para-hydroxylation sites is 2. The van der Waals surface area contributed by atoms with Crippen molar-refractivity contribution in [3.63, 3.8) is 0 Å². The van der Waals surface area contributed by atoms with Gasteiger partial charge in [0.15, 0.2) is 5.16 Å². The lowest BCUT2D eigenvalue weighted by Crippen LogP contribution is -2.44. The minimum atomic E-state index is -0.425. The van der Waals surface area contributed by atoms with Crippen molar-refractivity contribution in [2.24, 2.45) is 0 Å². The number of imidazole rings is 1. The molecule has 0 bridgehead atoms. The Labute approximate surface area is 156 Å². The Morgan fingerprint density at radius 2 is 1.84 bits per heavy atom. The molecule has 3 rings (SSSR count). The van der Waals surface area contributed by atoms with E-state index in [1.807, 2.05) is 24.3 Å². The van der Waals surface area contributed by atoms with Crippen molar-refractivity contribution in [2.75, 3.05) is 0 Å². The molecule has 1 atom stereocenters. The number of hydrogen-bond acceptors (Lipinski definition) is 4. The van der Waals surface area contributed by atoms with Crippen LogP contribution in [0.1, 0.15) is 17.3 Å². The summed E-state index contributed by atoms with van der Waals surface area (Å²) in [5.41, 5.74) is 7.08. The molecule has 0 saturated heterocycles. The number of nitrogens with zero attached hydrogens (tertiary/aromatic N) is 1. The maximum absolute atomic E-state index is 12.2. The van der Waals surface area contributed by atoms with Crippen LogP contribution < -0.4 is 10.9 Å². The summed E-state index contributed by atoms with van der Waals surface area (Å²) >= 11 is 4.60. The molecule has 8 heteroatoms. The van der Waals surface area contributed by atoms with Crippen LogP contribution in [0.15, 0.2) is 58.2 Å². The molecule has 0 aliphatic carbocycles. The van der Waals surface area contributed by atoms with E-state index in [0.29, 0.717) is 10.7 Å². The van der Waals surface area contributed by atoms with Crippen molar-refractivity contribution in [2.45, 2.75) is 17.3 Å². The summed E-state index contributed by atoms with van der Waals surface area (Å²) < 4.78 is 0.879. The van der Waals surface area contributed by atoms with Crippen molar-refractivity contribution in [1.82, 2.24) is 20.8 Å². The molecule has 3 aromatic rings. The van der Waals surface area contributed by atoms with Crippen LogP contribution in [0.25, 0.3) is 11.0 Å². The fourth-order valence-electron chi connectivity index (χ4n) is 2.10. The molecule has 1 heterocycles. The average Bonchev–Trinajstić information content (AvgIpc) is 3.02. The van der Waals surface area contributed by atoms with Gasteiger partial charge in [-0.05, 0) is 43.3 Å². The average molecular weight is 419 g/mol. The predicted molar refractivity (Wildman–Crippen MR) is 101 cm³/mol. The Morgan fingerprint density at radius 1 is 1.12 bits per heavy atom. The van der Waals surface area contributed by atoms with E-state index in [1.54, 1.807) is 31.2 Å². The van der Waals surface area contributed by atoms with E-state index in [0.717, 1.165) is 15.5 Å². The van der Waals surface area contributed by atoms with Gasteiger partial charge < -0.3 is 4.98 Å². The zero-order chi connectivity index (χ0) is 17.8. The van der Waals surface area contributed by atoms with Crippen molar-refractivity contribution in [1.29, 1.82) is 0 Å². The van der Waals surface area contributed by atoms with E-state index in [2.05, 4.69) is 36.7 Å². The Bertz CT molecular complexity index is 877. The van der Waals surface area contributed by atoms with Crippen LogP contribution in [-0.2, 0) is 4.79 Å². The number of hydrazine groups is 1. The van der Waals surface area contributed by atoms with Gasteiger partial charge in [-0.15, -0.1) is 0 Å². The highest BCUT2D eigenvalue weighted by atomic mass is 79.9. The molecular formula is C17H15BrN4O2S. The van der Waals surface area contributed by atoms with E-state index in [4.69, 9.17) is 0 Å². The Balaban J connectivity index is 1.55. The fraction of sp³-hybridized carbons (Fsp3) is 0.118. The fourth-order valence-corrected chi connectivity index (χ4v) is 3.18. The highest BCUT2D eigenvalue weighted by Crippen LogP contribution is 2.23. The van der Waals surface area contributed by atoms with Crippen LogP contribution in [-0.4, -0.2) is 27.0 Å². The van der Waals surface area contributed by atoms with Crippen LogP contribution in [0.3, 0.4) is 0 Å². The highest BCUT2D eigenvalue weighted by molar-refractivity contribution is 9.10. The van der Waals surface area contributed by atoms with E-state index in [-0.39, 0.29) is 11.8 Å². The largest absolute Gasteiger partial charge is 0.333 e. The van der Waals surface area contributed by atoms with Crippen LogP contribution in [0.2, 0.25) is 0 Å². The number of hydrogen-bond donors (Lipinski definition) is 3. The number of nitrogens with one attached hydrogen (secondary N) is 3. The number of rotatable bonds is 4. The predicted octanol–water partition coefficient (Wildman–Crippen LogP) is 3.27. The number of aromatic nitrogens is 2. The summed E-state index contributed by atoms with van der Waals surface area (Å²) in [7, 11) is 0. The Hall–Kier alpha value is -2.32. The lowest BCUT2D eigenvalue weighted by Gasteiger charge is -2.11. The summed E-state index contributed by atoms with van der Waals surface area (Å²) in [6.07, 6.45) is 0. The van der Waals surface area contributed by atoms with Crippen molar-refractivity contribution < 1.29 is 9.59 Å². The number of carbonyl (C=O) groups is 2. The molecule has 2 amide bonds. The smallest absolute Gasteiger partial charge is 0.269 e. The van der Waals surface area contributed by atoms with E-state index in [9.17, 15) is 9.59 Å². The third-order valence-electron chi connectivity index (χ3n) is 3.43. The zero-order valence-electron chi connectivity index (χ0n) is 13.2. The number of thioether (sulfide) groups is 1. The molecule has 6 nitrogen and oxygen atoms in total. The summed E-state index contributed by atoms with van der Waals surface area (Å²) in [5.74, 6) is -0.683. The molecule has 3 N–H and O–H groups in total. The van der Waals surface area contributed by atoms with Crippen molar-refractivity contribution in [3.05, 3.63) is 58.6 Å². The second kappa shape index (κ2) is 7.71. The van der Waals surface area contributed by atoms with Gasteiger partial charge in [-0.3, -0.25) is 20.4 Å². The zero-order valence-corrected chi connectivity index (χ0v) is 15.6. The first-order valence-electron chi connectivity index (χ1n) is 7.50. The van der Waals surface area contributed by atoms with Gasteiger partial charge in [0.2, 0.25) is 0 Å². The van der Waals surface area contributed by atoms with Crippen LogP contribution >= 0.6 is 27.7 Å². The normalized spacial score (nSPS) is 11.9. The first-order valence-corrected chi connectivity index (χ1v) is 9.17. The van der Waals surface area contributed by atoms with Crippen LogP contribution in [0.4, 0.5) is 0 Å². The number of fused-ring (bicyclic) bond motifs is 1. The van der Waals surface area contributed by atoms with E-state index in [1.165, 1.54) is 11.8 Å². The summed E-state index contributed by atoms with van der Waals surface area (Å²) in [5, 5.41) is 0.230. The molecule has 128 valence electrons. The molecule has 1 aromatic heterocycles. The molecule has 25 heavy (non-hydrogen) atoms. The second-order valence-corrected chi connectivity index (χ2v) is 7.51. The van der Waals surface area contributed by atoms with E-state index >= 15 is 0 Å². The minimum Gasteiger partial charge on any atom is -0.333 e. The van der Waals surface area contributed by atoms with Gasteiger partial charge in [-0.1, -0.05) is 39.8 Å². The number of benzene rings is 2. The molecule has 1 unspecified atom stereocenters. The van der Waals surface area contributed by atoms with Gasteiger partial charge in [0, 0.05) is 10.0 Å². The third-order valence-corrected chi connectivity index (χ3v) is 4.94. The number of halogens is 1. The maximum Gasteiger partial charge on any atom is 0.269 e. The molecule has 0 radical (unpaired) electrons. The second-order valence-electron chi connectivity index (χ2n) is 5.27. The Kier molecular flexibility index (Phi) is 5.40. The SMILES string of the molecule is CC(Sc1nc2ccccc2[nH]1)C(=O)NNC(=O)c1ccc(Br)cc1. The molecule has 0 aliphatic heterocycles. The third kappa shape index (κ3) is 4.40. The van der Waals surface area contributed by atoms with Gasteiger partial charge in [0.1, 0.15) is 0 Å². The lowest BCUT2D eigenvalue weighted by atomic mass is 10.2. The van der Waals surface area contributed by atoms with Gasteiger partial charge in [0.05, 0.1) is 16.3 Å². The van der Waals surface area contributed by atoms with Gasteiger partial charge in [0.25, 0.3) is 11.8 Å². The molecule has 0 aliphatic rings. The standard InChI is InChI=1S/C17H15BrN4O2S/c1-10(25-17-19-13-4-2-3-5-14(13)20-17)15(23)21-22-16(24)11-6-8-12(18)9-7-11/h2-10H,1H3,(H,19,20)(H,21,23)(H,22,24). The molecule has 0 saturated carbocycles. The first-order chi connectivity index (χ1) is 12.0. The summed E-state index contributed by atoms with van der Waals surface area (Å²) in [6, 6.07) is 14.5. The molecular weight excluding hydrogens is 404 g/mol. The van der Waals surface area contributed by atoms with Gasteiger partial charge in [-0.25, -0.2) is 4.98 Å². The summed E-state index contributed by atoms with van der Waals surface area (Å²) in [4.78, 5) is 31.7. The number of amides is 2. The minimum absolute atomic E-state index is 0.309. The van der Waals surface area contributed by atoms with Crippen LogP contribution in [0.5, 0.6) is 0 Å². The number of aromatic amines is 1.